The van der Waals surface area contributed by atoms with E-state index in [0.717, 1.165) is 0 Å². The second-order valence-electron chi connectivity index (χ2n) is 5.53. The quantitative estimate of drug-likeness (QED) is 0.729. The van der Waals surface area contributed by atoms with E-state index in [-0.39, 0.29) is 24.6 Å². The van der Waals surface area contributed by atoms with Crippen molar-refractivity contribution in [2.45, 2.75) is 57.7 Å². The normalized spacial score (nSPS) is 43.5. The minimum atomic E-state index is -0.699. The Balaban J connectivity index is 2.12. The van der Waals surface area contributed by atoms with Gasteiger partial charge in [0.15, 0.2) is 5.79 Å². The molecule has 5 heteroatoms. The van der Waals surface area contributed by atoms with Crippen molar-refractivity contribution in [2.75, 3.05) is 6.61 Å². The fourth-order valence-electron chi connectivity index (χ4n) is 2.91. The highest BCUT2D eigenvalue weighted by molar-refractivity contribution is 5.65. The molecule has 4 atom stereocenters. The zero-order chi connectivity index (χ0) is 12.8. The van der Waals surface area contributed by atoms with Crippen LogP contribution in [-0.4, -0.2) is 41.3 Å². The van der Waals surface area contributed by atoms with Gasteiger partial charge in [0, 0.05) is 12.8 Å². The third-order valence-electron chi connectivity index (χ3n) is 3.62. The Hall–Kier alpha value is -0.650. The monoisotopic (exact) mass is 244 g/mol. The van der Waals surface area contributed by atoms with Crippen LogP contribution in [0.4, 0.5) is 0 Å². The molecular formula is C12H20O5. The van der Waals surface area contributed by atoms with Crippen LogP contribution in [0, 0.1) is 5.92 Å². The first-order chi connectivity index (χ1) is 7.74. The molecule has 2 rings (SSSR count). The molecule has 0 amide bonds. The number of aliphatic hydroxyl groups is 1. The van der Waals surface area contributed by atoms with Crippen LogP contribution < -0.4 is 0 Å². The van der Waals surface area contributed by atoms with E-state index in [1.165, 1.54) is 6.92 Å². The summed E-state index contributed by atoms with van der Waals surface area (Å²) in [4.78, 5) is 10.8. The predicted octanol–water partition coefficient (Wildman–Crippen LogP) is 0.840. The summed E-state index contributed by atoms with van der Waals surface area (Å²) in [5.41, 5.74) is -0.585. The predicted molar refractivity (Wildman–Crippen MR) is 59.2 cm³/mol. The third-order valence-corrected chi connectivity index (χ3v) is 3.62. The molecule has 2 aliphatic rings. The van der Waals surface area contributed by atoms with Crippen molar-refractivity contribution in [2.24, 2.45) is 5.92 Å². The number of hydrogen-bond donors (Lipinski definition) is 1. The SMILES string of the molecule is CC(=O)OC[C@H]1C[C@H](O)C2OC(C)(C)OC21C. The number of carbonyl (C=O) groups excluding carboxylic acids is 1. The van der Waals surface area contributed by atoms with Crippen LogP contribution in [0.5, 0.6) is 0 Å². The molecule has 1 aliphatic heterocycles. The molecule has 1 heterocycles. The van der Waals surface area contributed by atoms with Crippen molar-refractivity contribution in [3.05, 3.63) is 0 Å². The lowest BCUT2D eigenvalue weighted by molar-refractivity contribution is -0.184. The highest BCUT2D eigenvalue weighted by Crippen LogP contribution is 2.49. The number of esters is 1. The number of hydrogen-bond acceptors (Lipinski definition) is 5. The molecule has 1 saturated heterocycles. The minimum absolute atomic E-state index is 0.0341. The van der Waals surface area contributed by atoms with Crippen molar-refractivity contribution < 1.29 is 24.1 Å². The lowest BCUT2D eigenvalue weighted by atomic mass is 9.92. The summed E-state index contributed by atoms with van der Waals surface area (Å²) in [7, 11) is 0. The van der Waals surface area contributed by atoms with E-state index in [0.29, 0.717) is 6.42 Å². The maximum absolute atomic E-state index is 10.8. The van der Waals surface area contributed by atoms with Crippen LogP contribution in [0.25, 0.3) is 0 Å². The zero-order valence-electron chi connectivity index (χ0n) is 10.7. The number of aliphatic hydroxyl groups excluding tert-OH is 1. The van der Waals surface area contributed by atoms with Crippen LogP contribution in [0.2, 0.25) is 0 Å². The van der Waals surface area contributed by atoms with Gasteiger partial charge in [-0.25, -0.2) is 0 Å². The van der Waals surface area contributed by atoms with Gasteiger partial charge in [-0.05, 0) is 27.2 Å². The van der Waals surface area contributed by atoms with Gasteiger partial charge in [0.2, 0.25) is 0 Å². The molecule has 0 aromatic rings. The number of ether oxygens (including phenoxy) is 3. The second-order valence-corrected chi connectivity index (χ2v) is 5.53. The summed E-state index contributed by atoms with van der Waals surface area (Å²) in [6, 6.07) is 0. The van der Waals surface area contributed by atoms with Crippen molar-refractivity contribution in [3.63, 3.8) is 0 Å². The number of rotatable bonds is 2. The Morgan fingerprint density at radius 1 is 1.47 bits per heavy atom. The van der Waals surface area contributed by atoms with E-state index in [1.54, 1.807) is 0 Å². The molecule has 0 spiro atoms. The summed E-state index contributed by atoms with van der Waals surface area (Å²) < 4.78 is 16.6. The molecule has 2 unspecified atom stereocenters. The van der Waals surface area contributed by atoms with E-state index in [1.807, 2.05) is 20.8 Å². The van der Waals surface area contributed by atoms with Gasteiger partial charge in [0.05, 0.1) is 12.7 Å². The summed E-state index contributed by atoms with van der Waals surface area (Å²) >= 11 is 0. The average Bonchev–Trinajstić information content (AvgIpc) is 2.53. The molecule has 98 valence electrons. The van der Waals surface area contributed by atoms with E-state index in [2.05, 4.69) is 0 Å². The molecular weight excluding hydrogens is 224 g/mol. The number of carbonyl (C=O) groups is 1. The van der Waals surface area contributed by atoms with Crippen LogP contribution in [0.15, 0.2) is 0 Å². The van der Waals surface area contributed by atoms with E-state index in [9.17, 15) is 9.90 Å². The molecule has 1 saturated carbocycles. The first kappa shape index (κ1) is 12.8. The zero-order valence-corrected chi connectivity index (χ0v) is 10.7. The first-order valence-corrected chi connectivity index (χ1v) is 5.94. The van der Waals surface area contributed by atoms with Gasteiger partial charge in [0.25, 0.3) is 0 Å². The fourth-order valence-corrected chi connectivity index (χ4v) is 2.91. The summed E-state index contributed by atoms with van der Waals surface area (Å²) in [6.07, 6.45) is -0.384. The van der Waals surface area contributed by atoms with E-state index < -0.39 is 17.5 Å². The standard InChI is InChI=1S/C12H20O5/c1-7(13)15-6-8-5-9(14)10-12(8,4)17-11(2,3)16-10/h8-10,14H,5-6H2,1-4H3/t8-,9+,10?,12?/m1/s1. The minimum Gasteiger partial charge on any atom is -0.465 e. The van der Waals surface area contributed by atoms with Gasteiger partial charge in [-0.3, -0.25) is 4.79 Å². The molecule has 1 N–H and O–H groups in total. The Morgan fingerprint density at radius 2 is 2.12 bits per heavy atom. The van der Waals surface area contributed by atoms with E-state index >= 15 is 0 Å². The van der Waals surface area contributed by atoms with Crippen molar-refractivity contribution in [1.29, 1.82) is 0 Å². The van der Waals surface area contributed by atoms with Crippen LogP contribution >= 0.6 is 0 Å². The van der Waals surface area contributed by atoms with Crippen molar-refractivity contribution >= 4 is 5.97 Å². The third kappa shape index (κ3) is 2.19. The first-order valence-electron chi connectivity index (χ1n) is 5.94. The topological polar surface area (TPSA) is 65.0 Å². The average molecular weight is 244 g/mol. The second kappa shape index (κ2) is 3.93. The highest BCUT2D eigenvalue weighted by Gasteiger charge is 2.61. The Bertz CT molecular complexity index is 327. The van der Waals surface area contributed by atoms with Gasteiger partial charge in [-0.15, -0.1) is 0 Å². The molecule has 0 radical (unpaired) electrons. The maximum atomic E-state index is 10.8. The Kier molecular flexibility index (Phi) is 2.96. The lowest BCUT2D eigenvalue weighted by Gasteiger charge is -2.30. The molecule has 5 nitrogen and oxygen atoms in total. The van der Waals surface area contributed by atoms with Gasteiger partial charge in [-0.2, -0.15) is 0 Å². The maximum Gasteiger partial charge on any atom is 0.302 e. The van der Waals surface area contributed by atoms with E-state index in [4.69, 9.17) is 14.2 Å². The van der Waals surface area contributed by atoms with Crippen LogP contribution in [-0.2, 0) is 19.0 Å². The summed E-state index contributed by atoms with van der Waals surface area (Å²) in [5, 5.41) is 9.99. The summed E-state index contributed by atoms with van der Waals surface area (Å²) in [6.45, 7) is 7.20. The molecule has 17 heavy (non-hydrogen) atoms. The molecule has 0 aromatic heterocycles. The van der Waals surface area contributed by atoms with Gasteiger partial charge in [0.1, 0.15) is 11.7 Å². The highest BCUT2D eigenvalue weighted by atomic mass is 16.8. The lowest BCUT2D eigenvalue weighted by Crippen LogP contribution is -2.42. The van der Waals surface area contributed by atoms with Crippen LogP contribution in [0.3, 0.4) is 0 Å². The summed E-state index contributed by atoms with van der Waals surface area (Å²) in [5.74, 6) is -1.05. The van der Waals surface area contributed by atoms with Gasteiger partial charge < -0.3 is 19.3 Å². The molecule has 0 aromatic carbocycles. The Labute approximate surface area is 101 Å². The largest absolute Gasteiger partial charge is 0.465 e. The van der Waals surface area contributed by atoms with Crippen molar-refractivity contribution in [1.82, 2.24) is 0 Å². The number of fused-ring (bicyclic) bond motifs is 1. The Morgan fingerprint density at radius 3 is 2.71 bits per heavy atom. The van der Waals surface area contributed by atoms with Gasteiger partial charge in [-0.1, -0.05) is 0 Å². The molecule has 2 fully saturated rings. The van der Waals surface area contributed by atoms with Gasteiger partial charge >= 0.3 is 5.97 Å². The fraction of sp³-hybridized carbons (Fsp3) is 0.917. The van der Waals surface area contributed by atoms with Crippen molar-refractivity contribution in [3.8, 4) is 0 Å². The smallest absolute Gasteiger partial charge is 0.302 e. The molecule has 1 aliphatic carbocycles. The molecule has 0 bridgehead atoms. The van der Waals surface area contributed by atoms with Crippen LogP contribution in [0.1, 0.15) is 34.1 Å².